The average Bonchev–Trinajstić information content (AvgIpc) is 2.67. The Labute approximate surface area is 154 Å². The lowest BCUT2D eigenvalue weighted by molar-refractivity contribution is 0.130. The average molecular weight is 383 g/mol. The third-order valence-corrected chi connectivity index (χ3v) is 4.76. The fourth-order valence-corrected chi connectivity index (χ4v) is 3.25. The van der Waals surface area contributed by atoms with Crippen molar-refractivity contribution in [2.24, 2.45) is 5.73 Å². The van der Waals surface area contributed by atoms with Gasteiger partial charge >= 0.3 is 0 Å². The van der Waals surface area contributed by atoms with E-state index in [0.29, 0.717) is 0 Å². The van der Waals surface area contributed by atoms with Crippen molar-refractivity contribution in [3.63, 3.8) is 0 Å². The molecule has 2 aromatic heterocycles. The van der Waals surface area contributed by atoms with Gasteiger partial charge in [0.05, 0.1) is 11.2 Å². The summed E-state index contributed by atoms with van der Waals surface area (Å²) in [4.78, 5) is 7.50. The summed E-state index contributed by atoms with van der Waals surface area (Å²) in [5, 5.41) is 0. The standard InChI is InChI=1S/C19H21F4N3O/c20-17(21)14-10-12(6-9-25-14)13-4-5-15(16(26-13)18(22)23)27-11-19(24)7-2-1-3-8-19/h4-6,9-10,17-18H,1-3,7-8,11,24H2. The lowest BCUT2D eigenvalue weighted by Gasteiger charge is -2.33. The summed E-state index contributed by atoms with van der Waals surface area (Å²) < 4.78 is 58.2. The number of rotatable bonds is 6. The summed E-state index contributed by atoms with van der Waals surface area (Å²) >= 11 is 0. The van der Waals surface area contributed by atoms with Gasteiger partial charge < -0.3 is 10.5 Å². The van der Waals surface area contributed by atoms with Gasteiger partial charge in [-0.25, -0.2) is 22.5 Å². The molecule has 0 bridgehead atoms. The highest BCUT2D eigenvalue weighted by molar-refractivity contribution is 5.60. The van der Waals surface area contributed by atoms with Crippen molar-refractivity contribution >= 4 is 0 Å². The second-order valence-corrected chi connectivity index (χ2v) is 6.86. The lowest BCUT2D eigenvalue weighted by atomic mass is 9.83. The SMILES string of the molecule is NC1(COc2ccc(-c3ccnc(C(F)F)c3)nc2C(F)F)CCCCC1. The number of ether oxygens (including phenoxy) is 1. The molecule has 0 amide bonds. The maximum absolute atomic E-state index is 13.5. The minimum Gasteiger partial charge on any atom is -0.490 e. The first kappa shape index (κ1) is 19.5. The summed E-state index contributed by atoms with van der Waals surface area (Å²) in [6.45, 7) is 0.137. The van der Waals surface area contributed by atoms with Crippen LogP contribution >= 0.6 is 0 Å². The molecule has 2 N–H and O–H groups in total. The van der Waals surface area contributed by atoms with E-state index in [2.05, 4.69) is 9.97 Å². The first-order valence-corrected chi connectivity index (χ1v) is 8.83. The highest BCUT2D eigenvalue weighted by Gasteiger charge is 2.29. The van der Waals surface area contributed by atoms with Gasteiger partial charge in [0.25, 0.3) is 12.9 Å². The zero-order valence-corrected chi connectivity index (χ0v) is 14.7. The van der Waals surface area contributed by atoms with Gasteiger partial charge in [0.2, 0.25) is 0 Å². The Morgan fingerprint density at radius 2 is 1.78 bits per heavy atom. The van der Waals surface area contributed by atoms with E-state index in [0.717, 1.165) is 38.2 Å². The Morgan fingerprint density at radius 1 is 1.04 bits per heavy atom. The molecule has 2 heterocycles. The molecule has 27 heavy (non-hydrogen) atoms. The van der Waals surface area contributed by atoms with Crippen LogP contribution in [0.5, 0.6) is 5.75 Å². The summed E-state index contributed by atoms with van der Waals surface area (Å²) in [6.07, 6.45) is 0.262. The van der Waals surface area contributed by atoms with Crippen LogP contribution in [0.4, 0.5) is 17.6 Å². The Morgan fingerprint density at radius 3 is 2.44 bits per heavy atom. The fraction of sp³-hybridized carbons (Fsp3) is 0.474. The molecule has 0 saturated heterocycles. The molecule has 146 valence electrons. The van der Waals surface area contributed by atoms with E-state index in [1.807, 2.05) is 0 Å². The molecule has 0 unspecified atom stereocenters. The van der Waals surface area contributed by atoms with Crippen LogP contribution in [0.1, 0.15) is 56.3 Å². The topological polar surface area (TPSA) is 61.0 Å². The molecule has 4 nitrogen and oxygen atoms in total. The second-order valence-electron chi connectivity index (χ2n) is 6.86. The third-order valence-electron chi connectivity index (χ3n) is 4.76. The molecule has 0 spiro atoms. The minimum absolute atomic E-state index is 0.0349. The van der Waals surface area contributed by atoms with Crippen molar-refractivity contribution in [2.45, 2.75) is 50.5 Å². The molecule has 0 aliphatic heterocycles. The largest absolute Gasteiger partial charge is 0.490 e. The van der Waals surface area contributed by atoms with Crippen molar-refractivity contribution in [1.29, 1.82) is 0 Å². The van der Waals surface area contributed by atoms with Crippen molar-refractivity contribution in [2.75, 3.05) is 6.61 Å². The van der Waals surface area contributed by atoms with Crippen LogP contribution in [0.15, 0.2) is 30.5 Å². The number of nitrogens with zero attached hydrogens (tertiary/aromatic N) is 2. The Balaban J connectivity index is 1.83. The number of aromatic nitrogens is 2. The zero-order valence-electron chi connectivity index (χ0n) is 14.7. The molecule has 1 aliphatic rings. The van der Waals surface area contributed by atoms with Crippen LogP contribution in [0, 0.1) is 0 Å². The van der Waals surface area contributed by atoms with Crippen molar-refractivity contribution in [3.05, 3.63) is 41.9 Å². The van der Waals surface area contributed by atoms with Crippen molar-refractivity contribution in [1.82, 2.24) is 9.97 Å². The molecule has 1 saturated carbocycles. The summed E-state index contributed by atoms with van der Waals surface area (Å²) in [5.74, 6) is -0.0349. The summed E-state index contributed by atoms with van der Waals surface area (Å²) in [7, 11) is 0. The van der Waals surface area contributed by atoms with Crippen LogP contribution in [0.25, 0.3) is 11.3 Å². The molecule has 8 heteroatoms. The van der Waals surface area contributed by atoms with Crippen molar-refractivity contribution < 1.29 is 22.3 Å². The van der Waals surface area contributed by atoms with Crippen LogP contribution in [-0.2, 0) is 0 Å². The number of hydrogen-bond donors (Lipinski definition) is 1. The maximum Gasteiger partial charge on any atom is 0.284 e. The number of alkyl halides is 4. The minimum atomic E-state index is -2.86. The van der Waals surface area contributed by atoms with Gasteiger partial charge in [0.15, 0.2) is 0 Å². The zero-order chi connectivity index (χ0) is 19.4. The predicted octanol–water partition coefficient (Wildman–Crippen LogP) is 5.06. The number of nitrogens with two attached hydrogens (primary N) is 1. The molecular weight excluding hydrogens is 362 g/mol. The van der Waals surface area contributed by atoms with Gasteiger partial charge in [-0.3, -0.25) is 4.98 Å². The summed E-state index contributed by atoms with van der Waals surface area (Å²) in [5.41, 5.74) is 5.25. The van der Waals surface area contributed by atoms with E-state index in [1.165, 1.54) is 24.4 Å². The number of halogens is 4. The highest BCUT2D eigenvalue weighted by atomic mass is 19.3. The number of hydrogen-bond acceptors (Lipinski definition) is 4. The van der Waals surface area contributed by atoms with Crippen LogP contribution in [0.2, 0.25) is 0 Å². The fourth-order valence-electron chi connectivity index (χ4n) is 3.25. The summed E-state index contributed by atoms with van der Waals surface area (Å²) in [6, 6.07) is 5.44. The Hall–Kier alpha value is -2.22. The molecule has 1 fully saturated rings. The van der Waals surface area contributed by atoms with Gasteiger partial charge in [0, 0.05) is 11.8 Å². The van der Waals surface area contributed by atoms with E-state index in [1.54, 1.807) is 0 Å². The van der Waals surface area contributed by atoms with Gasteiger partial charge in [-0.15, -0.1) is 0 Å². The molecule has 0 aromatic carbocycles. The van der Waals surface area contributed by atoms with Crippen LogP contribution in [-0.4, -0.2) is 22.1 Å². The van der Waals surface area contributed by atoms with Crippen LogP contribution < -0.4 is 10.5 Å². The van der Waals surface area contributed by atoms with E-state index in [-0.39, 0.29) is 23.6 Å². The van der Waals surface area contributed by atoms with Crippen molar-refractivity contribution in [3.8, 4) is 17.0 Å². The monoisotopic (exact) mass is 383 g/mol. The van der Waals surface area contributed by atoms with Gasteiger partial charge in [0.1, 0.15) is 23.7 Å². The van der Waals surface area contributed by atoms with Gasteiger partial charge in [-0.05, 0) is 37.1 Å². The first-order chi connectivity index (χ1) is 12.9. The van der Waals surface area contributed by atoms with E-state index >= 15 is 0 Å². The molecule has 3 rings (SSSR count). The molecule has 0 atom stereocenters. The molecule has 2 aromatic rings. The Bertz CT molecular complexity index is 779. The molecular formula is C19H21F4N3O. The normalized spacial score (nSPS) is 16.7. The van der Waals surface area contributed by atoms with E-state index in [4.69, 9.17) is 10.5 Å². The maximum atomic E-state index is 13.5. The van der Waals surface area contributed by atoms with Gasteiger partial charge in [-0.1, -0.05) is 19.3 Å². The van der Waals surface area contributed by atoms with Gasteiger partial charge in [-0.2, -0.15) is 0 Å². The molecule has 0 radical (unpaired) electrons. The first-order valence-electron chi connectivity index (χ1n) is 8.83. The second kappa shape index (κ2) is 8.21. The van der Waals surface area contributed by atoms with E-state index < -0.39 is 29.8 Å². The smallest absolute Gasteiger partial charge is 0.284 e. The molecule has 1 aliphatic carbocycles. The van der Waals surface area contributed by atoms with Crippen LogP contribution in [0.3, 0.4) is 0 Å². The quantitative estimate of drug-likeness (QED) is 0.709. The highest BCUT2D eigenvalue weighted by Crippen LogP contribution is 2.33. The third kappa shape index (κ3) is 4.74. The van der Waals surface area contributed by atoms with E-state index in [9.17, 15) is 17.6 Å². The Kier molecular flexibility index (Phi) is 5.94. The lowest BCUT2D eigenvalue weighted by Crippen LogP contribution is -2.47. The predicted molar refractivity (Wildman–Crippen MR) is 92.9 cm³/mol. The number of pyridine rings is 2.